The van der Waals surface area contributed by atoms with Crippen molar-refractivity contribution in [2.45, 2.75) is 18.9 Å². The van der Waals surface area contributed by atoms with Gasteiger partial charge in [0.05, 0.1) is 11.5 Å². The number of hydrogen-bond donors (Lipinski definition) is 2. The summed E-state index contributed by atoms with van der Waals surface area (Å²) < 4.78 is 0. The molecule has 1 amide bonds. The summed E-state index contributed by atoms with van der Waals surface area (Å²) in [6, 6.07) is 6.86. The van der Waals surface area contributed by atoms with Gasteiger partial charge in [0.25, 0.3) is 0 Å². The van der Waals surface area contributed by atoms with Gasteiger partial charge in [-0.15, -0.1) is 11.8 Å². The average molecular weight is 327 g/mol. The van der Waals surface area contributed by atoms with Crippen LogP contribution in [0.5, 0.6) is 0 Å². The lowest BCUT2D eigenvalue weighted by Gasteiger charge is -2.15. The van der Waals surface area contributed by atoms with Gasteiger partial charge < -0.3 is 11.1 Å². The van der Waals surface area contributed by atoms with Crippen molar-refractivity contribution in [2.24, 2.45) is 11.7 Å². The standard InChI is InChI=1S/C15H19ClN2O2S/c16-12-5-3-11(4-6-12)14(19)8-21-9-15(20)18-13(7-17)10-1-2-10/h3-6,10,13H,1-2,7-9,17H2,(H,18,20). The van der Waals surface area contributed by atoms with Gasteiger partial charge in [-0.3, -0.25) is 9.59 Å². The van der Waals surface area contributed by atoms with Gasteiger partial charge in [-0.05, 0) is 43.0 Å². The van der Waals surface area contributed by atoms with E-state index in [1.54, 1.807) is 24.3 Å². The maximum absolute atomic E-state index is 11.9. The maximum atomic E-state index is 11.9. The SMILES string of the molecule is NCC(NC(=O)CSCC(=O)c1ccc(Cl)cc1)C1CC1. The zero-order valence-corrected chi connectivity index (χ0v) is 13.3. The fourth-order valence-corrected chi connectivity index (χ4v) is 2.92. The van der Waals surface area contributed by atoms with Crippen LogP contribution < -0.4 is 11.1 Å². The molecule has 1 atom stereocenters. The minimum atomic E-state index is -0.0498. The number of carbonyl (C=O) groups is 2. The van der Waals surface area contributed by atoms with Crippen molar-refractivity contribution >= 4 is 35.1 Å². The van der Waals surface area contributed by atoms with Crippen LogP contribution in [0.4, 0.5) is 0 Å². The van der Waals surface area contributed by atoms with Gasteiger partial charge in [0.2, 0.25) is 5.91 Å². The van der Waals surface area contributed by atoms with Gasteiger partial charge in [-0.1, -0.05) is 11.6 Å². The predicted molar refractivity (Wildman–Crippen MR) is 86.8 cm³/mol. The number of nitrogens with one attached hydrogen (secondary N) is 1. The van der Waals surface area contributed by atoms with E-state index in [0.717, 1.165) is 12.8 Å². The third-order valence-corrected chi connectivity index (χ3v) is 4.61. The monoisotopic (exact) mass is 326 g/mol. The second-order valence-corrected chi connectivity index (χ2v) is 6.59. The van der Waals surface area contributed by atoms with E-state index in [1.807, 2.05) is 0 Å². The van der Waals surface area contributed by atoms with E-state index < -0.39 is 0 Å². The fourth-order valence-electron chi connectivity index (χ4n) is 2.07. The van der Waals surface area contributed by atoms with E-state index in [2.05, 4.69) is 5.32 Å². The third kappa shape index (κ3) is 5.34. The Morgan fingerprint density at radius 1 is 1.29 bits per heavy atom. The van der Waals surface area contributed by atoms with E-state index >= 15 is 0 Å². The van der Waals surface area contributed by atoms with Crippen LogP contribution in [0.15, 0.2) is 24.3 Å². The van der Waals surface area contributed by atoms with E-state index in [0.29, 0.717) is 23.0 Å². The molecule has 2 rings (SSSR count). The van der Waals surface area contributed by atoms with Gasteiger partial charge in [0.1, 0.15) is 0 Å². The second kappa shape index (κ2) is 7.82. The average Bonchev–Trinajstić information content (AvgIpc) is 3.30. The molecule has 1 aromatic rings. The Bertz CT molecular complexity index is 503. The highest BCUT2D eigenvalue weighted by Crippen LogP contribution is 2.32. The van der Waals surface area contributed by atoms with Gasteiger partial charge >= 0.3 is 0 Å². The van der Waals surface area contributed by atoms with Gasteiger partial charge in [0, 0.05) is 23.2 Å². The van der Waals surface area contributed by atoms with Crippen LogP contribution >= 0.6 is 23.4 Å². The minimum absolute atomic E-state index is 0.00188. The molecule has 0 heterocycles. The summed E-state index contributed by atoms with van der Waals surface area (Å²) in [7, 11) is 0. The molecule has 0 radical (unpaired) electrons. The highest BCUT2D eigenvalue weighted by atomic mass is 35.5. The molecule has 21 heavy (non-hydrogen) atoms. The Morgan fingerprint density at radius 2 is 1.95 bits per heavy atom. The first-order chi connectivity index (χ1) is 10.1. The van der Waals surface area contributed by atoms with Gasteiger partial charge in [0.15, 0.2) is 5.78 Å². The number of nitrogens with two attached hydrogens (primary N) is 1. The Morgan fingerprint density at radius 3 is 2.52 bits per heavy atom. The number of benzene rings is 1. The molecular weight excluding hydrogens is 308 g/mol. The zero-order valence-electron chi connectivity index (χ0n) is 11.7. The summed E-state index contributed by atoms with van der Waals surface area (Å²) in [5.74, 6) is 1.06. The molecule has 0 aromatic heterocycles. The fraction of sp³-hybridized carbons (Fsp3) is 0.467. The Labute approximate surface area is 133 Å². The van der Waals surface area contributed by atoms with Crippen molar-refractivity contribution in [2.75, 3.05) is 18.1 Å². The largest absolute Gasteiger partial charge is 0.351 e. The molecule has 0 spiro atoms. The number of halogens is 1. The number of carbonyl (C=O) groups excluding carboxylic acids is 2. The Balaban J connectivity index is 1.69. The van der Waals surface area contributed by atoms with Crippen molar-refractivity contribution in [1.29, 1.82) is 0 Å². The van der Waals surface area contributed by atoms with Crippen LogP contribution in [0.2, 0.25) is 5.02 Å². The number of rotatable bonds is 8. The Hall–Kier alpha value is -1.04. The molecule has 1 aliphatic carbocycles. The number of hydrogen-bond acceptors (Lipinski definition) is 4. The number of ketones is 1. The summed E-state index contributed by atoms with van der Waals surface area (Å²) in [5, 5.41) is 3.54. The molecular formula is C15H19ClN2O2S. The number of Topliss-reactive ketones (excluding diaryl/α,β-unsaturated/α-hetero) is 1. The van der Waals surface area contributed by atoms with E-state index in [4.69, 9.17) is 17.3 Å². The first kappa shape index (κ1) is 16.3. The van der Waals surface area contributed by atoms with Crippen LogP contribution in [0.25, 0.3) is 0 Å². The number of amides is 1. The highest BCUT2D eigenvalue weighted by Gasteiger charge is 2.31. The molecule has 1 aliphatic rings. The van der Waals surface area contributed by atoms with E-state index in [-0.39, 0.29) is 29.2 Å². The summed E-state index contributed by atoms with van der Waals surface area (Å²) in [5.41, 5.74) is 6.26. The molecule has 1 saturated carbocycles. The highest BCUT2D eigenvalue weighted by molar-refractivity contribution is 8.00. The molecule has 6 heteroatoms. The van der Waals surface area contributed by atoms with Crippen molar-refractivity contribution in [3.05, 3.63) is 34.9 Å². The first-order valence-electron chi connectivity index (χ1n) is 6.96. The lowest BCUT2D eigenvalue weighted by atomic mass is 10.1. The molecule has 1 unspecified atom stereocenters. The molecule has 1 aromatic carbocycles. The lowest BCUT2D eigenvalue weighted by Crippen LogP contribution is -2.42. The zero-order chi connectivity index (χ0) is 15.2. The minimum Gasteiger partial charge on any atom is -0.351 e. The smallest absolute Gasteiger partial charge is 0.230 e. The van der Waals surface area contributed by atoms with Crippen LogP contribution in [-0.4, -0.2) is 35.8 Å². The summed E-state index contributed by atoms with van der Waals surface area (Å²) >= 11 is 7.09. The molecule has 0 bridgehead atoms. The normalized spacial score (nSPS) is 15.5. The maximum Gasteiger partial charge on any atom is 0.230 e. The van der Waals surface area contributed by atoms with Gasteiger partial charge in [-0.25, -0.2) is 0 Å². The Kier molecular flexibility index (Phi) is 6.08. The molecule has 0 aliphatic heterocycles. The van der Waals surface area contributed by atoms with E-state index in [9.17, 15) is 9.59 Å². The van der Waals surface area contributed by atoms with Crippen LogP contribution in [0, 0.1) is 5.92 Å². The molecule has 1 fully saturated rings. The summed E-state index contributed by atoms with van der Waals surface area (Å²) in [6.07, 6.45) is 2.29. The molecule has 3 N–H and O–H groups in total. The van der Waals surface area contributed by atoms with Crippen LogP contribution in [0.1, 0.15) is 23.2 Å². The third-order valence-electron chi connectivity index (χ3n) is 3.42. The van der Waals surface area contributed by atoms with E-state index in [1.165, 1.54) is 11.8 Å². The predicted octanol–water partition coefficient (Wildman–Crippen LogP) is 2.11. The summed E-state index contributed by atoms with van der Waals surface area (Å²) in [6.45, 7) is 0.477. The van der Waals surface area contributed by atoms with Crippen molar-refractivity contribution < 1.29 is 9.59 Å². The molecule has 4 nitrogen and oxygen atoms in total. The van der Waals surface area contributed by atoms with Crippen LogP contribution in [0.3, 0.4) is 0 Å². The van der Waals surface area contributed by atoms with Gasteiger partial charge in [-0.2, -0.15) is 0 Å². The lowest BCUT2D eigenvalue weighted by molar-refractivity contribution is -0.119. The molecule has 114 valence electrons. The van der Waals surface area contributed by atoms with Crippen molar-refractivity contribution in [3.8, 4) is 0 Å². The quantitative estimate of drug-likeness (QED) is 0.718. The van der Waals surface area contributed by atoms with Crippen LogP contribution in [-0.2, 0) is 4.79 Å². The van der Waals surface area contributed by atoms with Crippen molar-refractivity contribution in [1.82, 2.24) is 5.32 Å². The summed E-state index contributed by atoms with van der Waals surface area (Å²) in [4.78, 5) is 23.7. The number of thioether (sulfide) groups is 1. The molecule has 0 saturated heterocycles. The van der Waals surface area contributed by atoms with Crippen molar-refractivity contribution in [3.63, 3.8) is 0 Å². The second-order valence-electron chi connectivity index (χ2n) is 5.17. The topological polar surface area (TPSA) is 72.2 Å². The first-order valence-corrected chi connectivity index (χ1v) is 8.49.